The van der Waals surface area contributed by atoms with Crippen LogP contribution < -0.4 is 5.32 Å². The Morgan fingerprint density at radius 1 is 1.65 bits per heavy atom. The highest BCUT2D eigenvalue weighted by Gasteiger charge is 2.16. The Bertz CT molecular complexity index is 512. The third kappa shape index (κ3) is 4.39. The summed E-state index contributed by atoms with van der Waals surface area (Å²) in [6.45, 7) is 4.97. The van der Waals surface area contributed by atoms with Gasteiger partial charge in [0.1, 0.15) is 5.82 Å². The van der Waals surface area contributed by atoms with Gasteiger partial charge in [0.25, 0.3) is 5.91 Å². The monoisotopic (exact) mass is 294 g/mol. The molecule has 1 heterocycles. The van der Waals surface area contributed by atoms with Crippen LogP contribution in [0.5, 0.6) is 0 Å². The Balaban J connectivity index is 2.79. The van der Waals surface area contributed by atoms with Gasteiger partial charge >= 0.3 is 0 Å². The van der Waals surface area contributed by atoms with Crippen molar-refractivity contribution < 1.29 is 4.79 Å². The number of carbonyl (C=O) groups is 1. The minimum atomic E-state index is -0.210. The van der Waals surface area contributed by atoms with E-state index in [1.807, 2.05) is 6.92 Å². The van der Waals surface area contributed by atoms with Crippen LogP contribution in [-0.2, 0) is 0 Å². The maximum Gasteiger partial charge on any atom is 0.255 e. The first-order chi connectivity index (χ1) is 9.49. The molecule has 6 heteroatoms. The highest BCUT2D eigenvalue weighted by Crippen LogP contribution is 2.20. The Morgan fingerprint density at radius 2 is 2.35 bits per heavy atom. The van der Waals surface area contributed by atoms with Crippen LogP contribution in [0, 0.1) is 17.2 Å². The Morgan fingerprint density at radius 3 is 2.90 bits per heavy atom. The van der Waals surface area contributed by atoms with Gasteiger partial charge in [-0.25, -0.2) is 4.98 Å². The molecular formula is C14H19ClN4O. The minimum Gasteiger partial charge on any atom is -0.369 e. The molecule has 0 saturated carbocycles. The number of nitrogens with zero attached hydrogens (tertiary/aromatic N) is 3. The SMILES string of the molecule is CCCNc1ncc(C(=O)N(C)CC(C)C#N)cc1Cl. The van der Waals surface area contributed by atoms with E-state index in [4.69, 9.17) is 16.9 Å². The van der Waals surface area contributed by atoms with Crippen molar-refractivity contribution in [3.05, 3.63) is 22.8 Å². The fourth-order valence-corrected chi connectivity index (χ4v) is 1.92. The van der Waals surface area contributed by atoms with Crippen LogP contribution in [0.3, 0.4) is 0 Å². The second-order valence-corrected chi connectivity index (χ2v) is 5.10. The number of pyridine rings is 1. The fourth-order valence-electron chi connectivity index (χ4n) is 1.68. The predicted molar refractivity (Wildman–Crippen MR) is 79.8 cm³/mol. The summed E-state index contributed by atoms with van der Waals surface area (Å²) >= 11 is 6.10. The topological polar surface area (TPSA) is 69.0 Å². The first-order valence-corrected chi connectivity index (χ1v) is 6.91. The van der Waals surface area contributed by atoms with E-state index in [0.29, 0.717) is 22.9 Å². The molecule has 0 fully saturated rings. The van der Waals surface area contributed by atoms with Gasteiger partial charge in [-0.15, -0.1) is 0 Å². The fraction of sp³-hybridized carbons (Fsp3) is 0.500. The molecule has 1 amide bonds. The Hall–Kier alpha value is -1.80. The van der Waals surface area contributed by atoms with Crippen LogP contribution in [0.4, 0.5) is 5.82 Å². The van der Waals surface area contributed by atoms with Crippen molar-refractivity contribution in [1.82, 2.24) is 9.88 Å². The van der Waals surface area contributed by atoms with Crippen LogP contribution in [-0.4, -0.2) is 35.9 Å². The van der Waals surface area contributed by atoms with E-state index in [2.05, 4.69) is 16.4 Å². The second kappa shape index (κ2) is 7.71. The zero-order valence-corrected chi connectivity index (χ0v) is 12.7. The third-order valence-electron chi connectivity index (χ3n) is 2.75. The van der Waals surface area contributed by atoms with E-state index >= 15 is 0 Å². The number of nitriles is 1. The molecule has 1 unspecified atom stereocenters. The van der Waals surface area contributed by atoms with Crippen molar-refractivity contribution in [2.45, 2.75) is 20.3 Å². The largest absolute Gasteiger partial charge is 0.369 e. The van der Waals surface area contributed by atoms with Gasteiger partial charge in [0.2, 0.25) is 0 Å². The molecule has 0 spiro atoms. The van der Waals surface area contributed by atoms with Crippen LogP contribution in [0.2, 0.25) is 5.02 Å². The van der Waals surface area contributed by atoms with Gasteiger partial charge in [-0.2, -0.15) is 5.26 Å². The highest BCUT2D eigenvalue weighted by atomic mass is 35.5. The van der Waals surface area contributed by atoms with E-state index < -0.39 is 0 Å². The third-order valence-corrected chi connectivity index (χ3v) is 3.03. The van der Waals surface area contributed by atoms with Gasteiger partial charge in [0.05, 0.1) is 22.6 Å². The summed E-state index contributed by atoms with van der Waals surface area (Å²) in [5.41, 5.74) is 0.421. The number of hydrogen-bond acceptors (Lipinski definition) is 4. The molecule has 0 aliphatic carbocycles. The van der Waals surface area contributed by atoms with Crippen molar-refractivity contribution in [2.75, 3.05) is 25.5 Å². The van der Waals surface area contributed by atoms with E-state index in [9.17, 15) is 4.79 Å². The standard InChI is InChI=1S/C14H19ClN4O/c1-4-5-17-13-12(15)6-11(8-18-13)14(20)19(3)9-10(2)7-16/h6,8,10H,4-5,9H2,1-3H3,(H,17,18). The molecule has 5 nitrogen and oxygen atoms in total. The summed E-state index contributed by atoms with van der Waals surface area (Å²) in [6.07, 6.45) is 2.47. The average Bonchev–Trinajstić information content (AvgIpc) is 2.44. The van der Waals surface area contributed by atoms with Crippen LogP contribution >= 0.6 is 11.6 Å². The quantitative estimate of drug-likeness (QED) is 0.876. The normalized spacial score (nSPS) is 11.6. The lowest BCUT2D eigenvalue weighted by Crippen LogP contribution is -2.30. The molecule has 1 N–H and O–H groups in total. The molecule has 0 aliphatic heterocycles. The molecule has 0 radical (unpaired) electrons. The smallest absolute Gasteiger partial charge is 0.255 e. The summed E-state index contributed by atoms with van der Waals surface area (Å²) in [7, 11) is 1.66. The summed E-state index contributed by atoms with van der Waals surface area (Å²) in [5, 5.41) is 12.3. The van der Waals surface area contributed by atoms with E-state index in [-0.39, 0.29) is 11.8 Å². The van der Waals surface area contributed by atoms with Gasteiger partial charge in [0.15, 0.2) is 0 Å². The summed E-state index contributed by atoms with van der Waals surface area (Å²) in [4.78, 5) is 17.8. The van der Waals surface area contributed by atoms with Gasteiger partial charge in [-0.3, -0.25) is 4.79 Å². The molecule has 1 rings (SSSR count). The van der Waals surface area contributed by atoms with Crippen molar-refractivity contribution >= 4 is 23.3 Å². The van der Waals surface area contributed by atoms with Crippen LogP contribution in [0.1, 0.15) is 30.6 Å². The summed E-state index contributed by atoms with van der Waals surface area (Å²) < 4.78 is 0. The summed E-state index contributed by atoms with van der Waals surface area (Å²) in [6, 6.07) is 3.70. The first kappa shape index (κ1) is 16.3. The number of hydrogen-bond donors (Lipinski definition) is 1. The molecule has 1 aromatic heterocycles. The van der Waals surface area contributed by atoms with E-state index in [1.54, 1.807) is 20.0 Å². The maximum absolute atomic E-state index is 12.2. The average molecular weight is 295 g/mol. The zero-order chi connectivity index (χ0) is 15.1. The Kier molecular flexibility index (Phi) is 6.26. The lowest BCUT2D eigenvalue weighted by molar-refractivity contribution is 0.0784. The van der Waals surface area contributed by atoms with Crippen LogP contribution in [0.25, 0.3) is 0 Å². The number of aromatic nitrogens is 1. The molecule has 108 valence electrons. The molecule has 20 heavy (non-hydrogen) atoms. The molecule has 0 aromatic carbocycles. The molecule has 1 aromatic rings. The maximum atomic E-state index is 12.2. The molecule has 1 atom stereocenters. The van der Waals surface area contributed by atoms with Gasteiger partial charge < -0.3 is 10.2 Å². The van der Waals surface area contributed by atoms with Crippen molar-refractivity contribution in [3.63, 3.8) is 0 Å². The highest BCUT2D eigenvalue weighted by molar-refractivity contribution is 6.33. The number of amides is 1. The minimum absolute atomic E-state index is 0.191. The molecule has 0 bridgehead atoms. The van der Waals surface area contributed by atoms with E-state index in [0.717, 1.165) is 13.0 Å². The summed E-state index contributed by atoms with van der Waals surface area (Å²) in [5.74, 6) is 0.180. The predicted octanol–water partition coefficient (Wildman–Crippen LogP) is 2.79. The van der Waals surface area contributed by atoms with Crippen molar-refractivity contribution in [1.29, 1.82) is 5.26 Å². The lowest BCUT2D eigenvalue weighted by atomic mass is 10.2. The molecule has 0 aliphatic rings. The number of halogens is 1. The van der Waals surface area contributed by atoms with Gasteiger partial charge in [-0.1, -0.05) is 18.5 Å². The zero-order valence-electron chi connectivity index (χ0n) is 12.0. The number of carbonyl (C=O) groups excluding carboxylic acids is 1. The number of anilines is 1. The molecular weight excluding hydrogens is 276 g/mol. The molecule has 0 saturated heterocycles. The van der Waals surface area contributed by atoms with Crippen LogP contribution in [0.15, 0.2) is 12.3 Å². The lowest BCUT2D eigenvalue weighted by Gasteiger charge is -2.18. The van der Waals surface area contributed by atoms with Gasteiger partial charge in [0, 0.05) is 26.3 Å². The van der Waals surface area contributed by atoms with E-state index in [1.165, 1.54) is 11.1 Å². The number of rotatable bonds is 6. The number of nitrogens with one attached hydrogen (secondary N) is 1. The second-order valence-electron chi connectivity index (χ2n) is 4.70. The van der Waals surface area contributed by atoms with Crippen molar-refractivity contribution in [2.24, 2.45) is 5.92 Å². The first-order valence-electron chi connectivity index (χ1n) is 6.54. The van der Waals surface area contributed by atoms with Gasteiger partial charge in [-0.05, 0) is 19.4 Å². The Labute approximate surface area is 124 Å². The van der Waals surface area contributed by atoms with Crippen molar-refractivity contribution in [3.8, 4) is 6.07 Å².